The lowest BCUT2D eigenvalue weighted by Gasteiger charge is -2.30. The number of rotatable bonds is 7. The number of aryl methyl sites for hydroxylation is 1. The maximum atomic E-state index is 11.8. The van der Waals surface area contributed by atoms with Crippen molar-refractivity contribution < 1.29 is 14.1 Å². The molecule has 0 saturated carbocycles. The third kappa shape index (κ3) is 4.81. The molecule has 1 atom stereocenters. The van der Waals surface area contributed by atoms with Gasteiger partial charge in [0, 0.05) is 13.0 Å². The van der Waals surface area contributed by atoms with Crippen LogP contribution in [0.5, 0.6) is 0 Å². The molecule has 21 heavy (non-hydrogen) atoms. The van der Waals surface area contributed by atoms with Gasteiger partial charge in [0.05, 0.1) is 19.1 Å². The second-order valence-corrected chi connectivity index (χ2v) is 5.53. The van der Waals surface area contributed by atoms with Gasteiger partial charge < -0.3 is 9.26 Å². The van der Waals surface area contributed by atoms with Crippen molar-refractivity contribution in [1.29, 1.82) is 0 Å². The Hall–Kier alpha value is -1.43. The van der Waals surface area contributed by atoms with E-state index in [4.69, 9.17) is 9.26 Å². The predicted molar refractivity (Wildman–Crippen MR) is 77.5 cm³/mol. The van der Waals surface area contributed by atoms with Gasteiger partial charge in [-0.3, -0.25) is 9.69 Å². The summed E-state index contributed by atoms with van der Waals surface area (Å²) in [5.41, 5.74) is 0. The summed E-state index contributed by atoms with van der Waals surface area (Å²) < 4.78 is 10.4. The average molecular weight is 295 g/mol. The third-order valence-corrected chi connectivity index (χ3v) is 3.75. The van der Waals surface area contributed by atoms with Crippen LogP contribution in [0.2, 0.25) is 0 Å². The Morgan fingerprint density at radius 3 is 3.10 bits per heavy atom. The van der Waals surface area contributed by atoms with Crippen molar-refractivity contribution in [2.24, 2.45) is 5.92 Å². The molecular formula is C15H25N3O3. The Morgan fingerprint density at radius 2 is 2.33 bits per heavy atom. The molecule has 0 unspecified atom stereocenters. The Balaban J connectivity index is 1.84. The second-order valence-electron chi connectivity index (χ2n) is 5.53. The lowest BCUT2D eigenvalue weighted by Crippen LogP contribution is -2.39. The van der Waals surface area contributed by atoms with Crippen molar-refractivity contribution in [3.63, 3.8) is 0 Å². The molecule has 118 valence electrons. The standard InChI is InChI=1S/C15H25N3O3/c1-3-5-8-13-16-14(21-17-13)11-18-9-6-7-12(10-18)15(19)20-4-2/h12H,3-11H2,1-2H3/t12-/m0/s1. The molecule has 1 fully saturated rings. The second kappa shape index (κ2) is 8.12. The number of hydrogen-bond acceptors (Lipinski definition) is 6. The van der Waals surface area contributed by atoms with Crippen LogP contribution < -0.4 is 0 Å². The van der Waals surface area contributed by atoms with Gasteiger partial charge in [0.15, 0.2) is 5.82 Å². The van der Waals surface area contributed by atoms with E-state index in [1.54, 1.807) is 0 Å². The van der Waals surface area contributed by atoms with E-state index in [1.165, 1.54) is 0 Å². The molecule has 1 saturated heterocycles. The summed E-state index contributed by atoms with van der Waals surface area (Å²) in [6.45, 7) is 6.72. The lowest BCUT2D eigenvalue weighted by molar-refractivity contribution is -0.150. The Bertz CT molecular complexity index is 447. The third-order valence-electron chi connectivity index (χ3n) is 3.75. The fourth-order valence-electron chi connectivity index (χ4n) is 2.63. The summed E-state index contributed by atoms with van der Waals surface area (Å²) >= 11 is 0. The molecule has 0 N–H and O–H groups in total. The average Bonchev–Trinajstić information content (AvgIpc) is 2.93. The largest absolute Gasteiger partial charge is 0.466 e. The lowest BCUT2D eigenvalue weighted by atomic mass is 9.98. The zero-order valence-corrected chi connectivity index (χ0v) is 13.0. The van der Waals surface area contributed by atoms with Gasteiger partial charge in [-0.05, 0) is 32.7 Å². The van der Waals surface area contributed by atoms with Crippen LogP contribution in [-0.2, 0) is 22.5 Å². The molecule has 0 spiro atoms. The van der Waals surface area contributed by atoms with E-state index < -0.39 is 0 Å². The molecule has 2 rings (SSSR count). The minimum atomic E-state index is -0.0867. The molecule has 0 aliphatic carbocycles. The van der Waals surface area contributed by atoms with Crippen molar-refractivity contribution >= 4 is 5.97 Å². The molecule has 6 nitrogen and oxygen atoms in total. The SMILES string of the molecule is CCCCc1noc(CN2CCC[C@H](C(=O)OCC)C2)n1. The Morgan fingerprint density at radius 1 is 1.48 bits per heavy atom. The van der Waals surface area contributed by atoms with E-state index >= 15 is 0 Å². The van der Waals surface area contributed by atoms with Crippen LogP contribution in [0.3, 0.4) is 0 Å². The van der Waals surface area contributed by atoms with Crippen LogP contribution in [0.25, 0.3) is 0 Å². The fraction of sp³-hybridized carbons (Fsp3) is 0.800. The maximum absolute atomic E-state index is 11.8. The van der Waals surface area contributed by atoms with Gasteiger partial charge in [-0.25, -0.2) is 0 Å². The molecule has 2 heterocycles. The molecule has 0 aromatic carbocycles. The molecule has 0 bridgehead atoms. The fourth-order valence-corrected chi connectivity index (χ4v) is 2.63. The summed E-state index contributed by atoms with van der Waals surface area (Å²) in [7, 11) is 0. The normalized spacial score (nSPS) is 19.6. The number of esters is 1. The Kier molecular flexibility index (Phi) is 6.17. The zero-order chi connectivity index (χ0) is 15.1. The van der Waals surface area contributed by atoms with Gasteiger partial charge in [-0.2, -0.15) is 4.98 Å². The van der Waals surface area contributed by atoms with E-state index in [2.05, 4.69) is 22.0 Å². The van der Waals surface area contributed by atoms with E-state index in [1.807, 2.05) is 6.92 Å². The molecule has 1 aliphatic heterocycles. The van der Waals surface area contributed by atoms with Crippen molar-refractivity contribution in [2.75, 3.05) is 19.7 Å². The minimum absolute atomic E-state index is 0.0267. The topological polar surface area (TPSA) is 68.5 Å². The number of carbonyl (C=O) groups excluding carboxylic acids is 1. The quantitative estimate of drug-likeness (QED) is 0.718. The van der Waals surface area contributed by atoms with Crippen LogP contribution in [-0.4, -0.2) is 40.7 Å². The van der Waals surface area contributed by atoms with Gasteiger partial charge in [-0.15, -0.1) is 0 Å². The number of aromatic nitrogens is 2. The number of ether oxygens (including phenoxy) is 1. The van der Waals surface area contributed by atoms with Crippen molar-refractivity contribution in [1.82, 2.24) is 15.0 Å². The van der Waals surface area contributed by atoms with Crippen LogP contribution in [0, 0.1) is 5.92 Å². The Labute approximate surface area is 125 Å². The number of hydrogen-bond donors (Lipinski definition) is 0. The highest BCUT2D eigenvalue weighted by atomic mass is 16.5. The first kappa shape index (κ1) is 15.9. The smallest absolute Gasteiger partial charge is 0.310 e. The summed E-state index contributed by atoms with van der Waals surface area (Å²) in [5.74, 6) is 1.31. The van der Waals surface area contributed by atoms with Gasteiger partial charge in [-0.1, -0.05) is 18.5 Å². The molecule has 1 aromatic rings. The molecule has 1 aliphatic rings. The first-order valence-corrected chi connectivity index (χ1v) is 7.93. The summed E-state index contributed by atoms with van der Waals surface area (Å²) in [5, 5.41) is 4.00. The van der Waals surface area contributed by atoms with Gasteiger partial charge >= 0.3 is 5.97 Å². The van der Waals surface area contributed by atoms with Crippen molar-refractivity contribution in [3.8, 4) is 0 Å². The van der Waals surface area contributed by atoms with Crippen LogP contribution in [0.1, 0.15) is 51.2 Å². The van der Waals surface area contributed by atoms with Crippen LogP contribution >= 0.6 is 0 Å². The van der Waals surface area contributed by atoms with Gasteiger partial charge in [0.2, 0.25) is 5.89 Å². The predicted octanol–water partition coefficient (Wildman–Crippen LogP) is 2.19. The van der Waals surface area contributed by atoms with E-state index in [0.29, 0.717) is 25.6 Å². The van der Waals surface area contributed by atoms with Gasteiger partial charge in [0.25, 0.3) is 0 Å². The van der Waals surface area contributed by atoms with Crippen LogP contribution in [0.15, 0.2) is 4.52 Å². The highest BCUT2D eigenvalue weighted by Gasteiger charge is 2.27. The summed E-state index contributed by atoms with van der Waals surface area (Å²) in [6, 6.07) is 0. The highest BCUT2D eigenvalue weighted by molar-refractivity contribution is 5.72. The van der Waals surface area contributed by atoms with Crippen molar-refractivity contribution in [3.05, 3.63) is 11.7 Å². The molecule has 6 heteroatoms. The number of piperidine rings is 1. The monoisotopic (exact) mass is 295 g/mol. The molecule has 0 amide bonds. The minimum Gasteiger partial charge on any atom is -0.466 e. The van der Waals surface area contributed by atoms with Gasteiger partial charge in [0.1, 0.15) is 0 Å². The highest BCUT2D eigenvalue weighted by Crippen LogP contribution is 2.19. The van der Waals surface area contributed by atoms with Crippen molar-refractivity contribution in [2.45, 2.75) is 52.5 Å². The van der Waals surface area contributed by atoms with Crippen LogP contribution in [0.4, 0.5) is 0 Å². The zero-order valence-electron chi connectivity index (χ0n) is 13.0. The molecule has 0 radical (unpaired) electrons. The maximum Gasteiger partial charge on any atom is 0.310 e. The number of likely N-dealkylation sites (tertiary alicyclic amines) is 1. The summed E-state index contributed by atoms with van der Waals surface area (Å²) in [4.78, 5) is 18.4. The number of carbonyl (C=O) groups is 1. The number of unbranched alkanes of at least 4 members (excludes halogenated alkanes) is 1. The first-order chi connectivity index (χ1) is 10.2. The molecular weight excluding hydrogens is 270 g/mol. The summed E-state index contributed by atoms with van der Waals surface area (Å²) in [6.07, 6.45) is 4.97. The van der Waals surface area contributed by atoms with E-state index in [0.717, 1.165) is 44.5 Å². The number of nitrogens with zero attached hydrogens (tertiary/aromatic N) is 3. The van der Waals surface area contributed by atoms with E-state index in [9.17, 15) is 4.79 Å². The molecule has 1 aromatic heterocycles. The van der Waals surface area contributed by atoms with E-state index in [-0.39, 0.29) is 11.9 Å². The first-order valence-electron chi connectivity index (χ1n) is 7.93.